The minimum atomic E-state index is -0.910. The van der Waals surface area contributed by atoms with Crippen LogP contribution in [-0.2, 0) is 19.7 Å². The number of pyridine rings is 1. The fourth-order valence-corrected chi connectivity index (χ4v) is 6.06. The molecule has 4 aromatic rings. The van der Waals surface area contributed by atoms with Gasteiger partial charge in [0.1, 0.15) is 17.0 Å². The van der Waals surface area contributed by atoms with Gasteiger partial charge in [0.05, 0.1) is 16.6 Å². The Morgan fingerprint density at radius 3 is 2.27 bits per heavy atom. The minimum Gasteiger partial charge on any atom is -0.443 e. The van der Waals surface area contributed by atoms with Gasteiger partial charge in [0.25, 0.3) is 0 Å². The second-order valence-electron chi connectivity index (χ2n) is 14.1. The Bertz CT molecular complexity index is 1900. The standard InChI is InChI=1S/C35H39N5O5/c1-19-10-15-26-24(16-19)35(30(41)39(26)31(42)44-33(4,5)6)18-25(35)22-13-14-23-27(17-22)40(32(43)45-34(7,8)9)38-29(23)37-28-20(2)11-12-21(3)36-28/h10-17,25H,18H2,1-9H3,(H,36,37,38)/t25-,35-/m0/s1. The van der Waals surface area contributed by atoms with Gasteiger partial charge in [0.15, 0.2) is 5.82 Å². The number of anilines is 3. The van der Waals surface area contributed by atoms with Crippen LogP contribution < -0.4 is 10.2 Å². The molecular weight excluding hydrogens is 570 g/mol. The van der Waals surface area contributed by atoms with E-state index in [0.29, 0.717) is 34.6 Å². The lowest BCUT2D eigenvalue weighted by Crippen LogP contribution is -2.41. The molecule has 1 fully saturated rings. The Morgan fingerprint density at radius 1 is 0.889 bits per heavy atom. The van der Waals surface area contributed by atoms with E-state index in [-0.39, 0.29) is 11.8 Å². The highest BCUT2D eigenvalue weighted by molar-refractivity contribution is 6.23. The van der Waals surface area contributed by atoms with Crippen molar-refractivity contribution < 1.29 is 23.9 Å². The Balaban J connectivity index is 1.43. The number of imide groups is 1. The largest absolute Gasteiger partial charge is 0.443 e. The number of carbonyl (C=O) groups excluding carboxylic acids is 3. The molecule has 2 aromatic carbocycles. The van der Waals surface area contributed by atoms with E-state index in [1.807, 2.05) is 69.3 Å². The van der Waals surface area contributed by atoms with Gasteiger partial charge in [0.2, 0.25) is 5.91 Å². The summed E-state index contributed by atoms with van der Waals surface area (Å²) in [4.78, 5) is 46.7. The first-order valence-electron chi connectivity index (χ1n) is 15.1. The van der Waals surface area contributed by atoms with Gasteiger partial charge in [-0.15, -0.1) is 5.10 Å². The van der Waals surface area contributed by atoms with E-state index in [1.165, 1.54) is 9.58 Å². The fourth-order valence-electron chi connectivity index (χ4n) is 6.06. The molecule has 2 aliphatic rings. The van der Waals surface area contributed by atoms with E-state index in [1.54, 1.807) is 41.5 Å². The zero-order chi connectivity index (χ0) is 32.6. The van der Waals surface area contributed by atoms with Crippen molar-refractivity contribution >= 4 is 46.3 Å². The van der Waals surface area contributed by atoms with Crippen LogP contribution in [0.25, 0.3) is 10.9 Å². The third-order valence-electron chi connectivity index (χ3n) is 8.14. The van der Waals surface area contributed by atoms with Crippen molar-refractivity contribution in [3.05, 3.63) is 76.5 Å². The Labute approximate surface area is 262 Å². The minimum absolute atomic E-state index is 0.221. The van der Waals surface area contributed by atoms with E-state index >= 15 is 0 Å². The van der Waals surface area contributed by atoms with E-state index in [2.05, 4.69) is 15.4 Å². The summed E-state index contributed by atoms with van der Waals surface area (Å²) in [5.74, 6) is 0.581. The zero-order valence-electron chi connectivity index (χ0n) is 27.2. The fraction of sp³-hybridized carbons (Fsp3) is 0.400. The van der Waals surface area contributed by atoms with Gasteiger partial charge in [-0.2, -0.15) is 4.68 Å². The van der Waals surface area contributed by atoms with Crippen molar-refractivity contribution in [1.82, 2.24) is 14.8 Å². The highest BCUT2D eigenvalue weighted by Gasteiger charge is 2.68. The van der Waals surface area contributed by atoms with E-state index < -0.39 is 28.8 Å². The highest BCUT2D eigenvalue weighted by atomic mass is 16.6. The average molecular weight is 610 g/mol. The van der Waals surface area contributed by atoms with Crippen LogP contribution >= 0.6 is 0 Å². The summed E-state index contributed by atoms with van der Waals surface area (Å²) in [6.07, 6.45) is -0.786. The molecule has 1 saturated carbocycles. The van der Waals surface area contributed by atoms with Crippen LogP contribution in [0.5, 0.6) is 0 Å². The molecular formula is C35H39N5O5. The third kappa shape index (κ3) is 5.32. The summed E-state index contributed by atoms with van der Waals surface area (Å²) in [7, 11) is 0. The van der Waals surface area contributed by atoms with Gasteiger partial charge in [-0.25, -0.2) is 19.5 Å². The van der Waals surface area contributed by atoms with Crippen LogP contribution in [0.15, 0.2) is 48.5 Å². The molecule has 234 valence electrons. The summed E-state index contributed by atoms with van der Waals surface area (Å²) in [6.45, 7) is 16.6. The van der Waals surface area contributed by atoms with Crippen molar-refractivity contribution in [1.29, 1.82) is 0 Å². The summed E-state index contributed by atoms with van der Waals surface area (Å²) in [5, 5.41) is 8.64. The van der Waals surface area contributed by atoms with E-state index in [4.69, 9.17) is 9.47 Å². The molecule has 45 heavy (non-hydrogen) atoms. The molecule has 0 saturated heterocycles. The van der Waals surface area contributed by atoms with Crippen molar-refractivity contribution in [3.63, 3.8) is 0 Å². The normalized spacial score (nSPS) is 19.2. The SMILES string of the molecule is Cc1ccc2c(c1)[C@]1(C[C@H]1c1ccc3c(Nc4nc(C)ccc4C)nn(C(=O)OC(C)(C)C)c3c1)C(=O)N2C(=O)OC(C)(C)C. The number of ether oxygens (including phenoxy) is 2. The predicted molar refractivity (Wildman–Crippen MR) is 172 cm³/mol. The number of nitrogens with one attached hydrogen (secondary N) is 1. The molecule has 10 heteroatoms. The number of aromatic nitrogens is 3. The summed E-state index contributed by atoms with van der Waals surface area (Å²) in [6, 6.07) is 15.4. The lowest BCUT2D eigenvalue weighted by molar-refractivity contribution is -0.120. The average Bonchev–Trinajstić information content (AvgIpc) is 3.51. The van der Waals surface area contributed by atoms with Gasteiger partial charge in [0, 0.05) is 17.0 Å². The predicted octanol–water partition coefficient (Wildman–Crippen LogP) is 7.59. The van der Waals surface area contributed by atoms with Gasteiger partial charge < -0.3 is 14.8 Å². The number of hydrogen-bond acceptors (Lipinski definition) is 8. The van der Waals surface area contributed by atoms with Crippen molar-refractivity contribution in [2.45, 2.75) is 91.3 Å². The molecule has 0 radical (unpaired) electrons. The Kier molecular flexibility index (Phi) is 6.84. The number of carbonyl (C=O) groups is 3. The number of rotatable bonds is 3. The molecule has 1 N–H and O–H groups in total. The Morgan fingerprint density at radius 2 is 1.58 bits per heavy atom. The maximum atomic E-state index is 14.1. The first-order chi connectivity index (χ1) is 21.0. The van der Waals surface area contributed by atoms with Crippen LogP contribution in [0.3, 0.4) is 0 Å². The molecule has 3 heterocycles. The second kappa shape index (κ2) is 10.2. The quantitative estimate of drug-likeness (QED) is 0.253. The molecule has 1 spiro atoms. The molecule has 0 bridgehead atoms. The topological polar surface area (TPSA) is 116 Å². The van der Waals surface area contributed by atoms with Crippen LogP contribution in [0, 0.1) is 20.8 Å². The van der Waals surface area contributed by atoms with Crippen LogP contribution in [0.2, 0.25) is 0 Å². The first-order valence-corrected chi connectivity index (χ1v) is 15.1. The van der Waals surface area contributed by atoms with Crippen LogP contribution in [-0.4, -0.2) is 44.1 Å². The molecule has 0 unspecified atom stereocenters. The molecule has 10 nitrogen and oxygen atoms in total. The van der Waals surface area contributed by atoms with Gasteiger partial charge in [-0.1, -0.05) is 29.8 Å². The molecule has 2 amide bonds. The number of amides is 2. The second-order valence-corrected chi connectivity index (χ2v) is 14.1. The maximum absolute atomic E-state index is 14.1. The number of hydrogen-bond donors (Lipinski definition) is 1. The summed E-state index contributed by atoms with van der Waals surface area (Å²) < 4.78 is 12.6. The van der Waals surface area contributed by atoms with Gasteiger partial charge >= 0.3 is 12.2 Å². The zero-order valence-corrected chi connectivity index (χ0v) is 27.2. The molecule has 2 atom stereocenters. The monoisotopic (exact) mass is 609 g/mol. The van der Waals surface area contributed by atoms with Crippen LogP contribution in [0.4, 0.5) is 26.9 Å². The third-order valence-corrected chi connectivity index (χ3v) is 8.14. The van der Waals surface area contributed by atoms with E-state index in [9.17, 15) is 14.4 Å². The molecule has 1 aliphatic carbocycles. The number of aryl methyl sites for hydroxylation is 3. The number of benzene rings is 2. The van der Waals surface area contributed by atoms with Crippen molar-refractivity contribution in [3.8, 4) is 0 Å². The lowest BCUT2D eigenvalue weighted by atomic mass is 9.91. The molecule has 2 aromatic heterocycles. The summed E-state index contributed by atoms with van der Waals surface area (Å²) >= 11 is 0. The maximum Gasteiger partial charge on any atom is 0.435 e. The van der Waals surface area contributed by atoms with E-state index in [0.717, 1.165) is 27.9 Å². The lowest BCUT2D eigenvalue weighted by Gasteiger charge is -2.24. The number of fused-ring (bicyclic) bond motifs is 3. The van der Waals surface area contributed by atoms with Crippen molar-refractivity contribution in [2.24, 2.45) is 0 Å². The number of nitrogens with zero attached hydrogens (tertiary/aromatic N) is 4. The molecule has 1 aliphatic heterocycles. The first kappa shape index (κ1) is 30.3. The van der Waals surface area contributed by atoms with Crippen molar-refractivity contribution in [2.75, 3.05) is 10.2 Å². The summed E-state index contributed by atoms with van der Waals surface area (Å²) in [5.41, 5.74) is 3.12. The molecule has 6 rings (SSSR count). The van der Waals surface area contributed by atoms with Gasteiger partial charge in [-0.05, 0) is 110 Å². The van der Waals surface area contributed by atoms with Crippen LogP contribution in [0.1, 0.15) is 81.8 Å². The highest BCUT2D eigenvalue weighted by Crippen LogP contribution is 2.66. The van der Waals surface area contributed by atoms with Gasteiger partial charge in [-0.3, -0.25) is 4.79 Å². The Hall–Kier alpha value is -4.73. The smallest absolute Gasteiger partial charge is 0.435 e.